The molecule has 1 amide bonds. The van der Waals surface area contributed by atoms with Crippen LogP contribution in [0.2, 0.25) is 0 Å². The number of carbonyl (C=O) groups is 1. The molecule has 3 rings (SSSR count). The highest BCUT2D eigenvalue weighted by atomic mass is 16.5. The van der Waals surface area contributed by atoms with E-state index in [0.717, 1.165) is 28.1 Å². The molecule has 0 heterocycles. The van der Waals surface area contributed by atoms with Crippen molar-refractivity contribution in [2.75, 3.05) is 11.9 Å². The van der Waals surface area contributed by atoms with E-state index in [0.29, 0.717) is 25.4 Å². The van der Waals surface area contributed by atoms with Crippen LogP contribution in [0.25, 0.3) is 0 Å². The summed E-state index contributed by atoms with van der Waals surface area (Å²) in [4.78, 5) is 12.7. The maximum atomic E-state index is 12.7. The number of benzene rings is 3. The van der Waals surface area contributed by atoms with Gasteiger partial charge in [0, 0.05) is 16.8 Å². The van der Waals surface area contributed by atoms with Gasteiger partial charge in [0.2, 0.25) is 0 Å². The molecule has 1 N–H and O–H groups in total. The first-order valence-corrected chi connectivity index (χ1v) is 9.41. The molecule has 0 unspecified atom stereocenters. The second-order valence-corrected chi connectivity index (χ2v) is 6.50. The molecule has 0 aliphatic rings. The number of aryl methyl sites for hydroxylation is 1. The quantitative estimate of drug-likeness (QED) is 0.576. The molecular weight excluding hydrogens is 350 g/mol. The molecule has 144 valence electrons. The molecule has 0 aromatic heterocycles. The summed E-state index contributed by atoms with van der Waals surface area (Å²) in [6.07, 6.45) is 0. The number of anilines is 1. The standard InChI is InChI=1S/C24H25NO3/c1-3-28-23-14-13-20(24(26)25-22-12-8-7-9-18(22)2)15-21(23)17-27-16-19-10-5-4-6-11-19/h4-15H,3,16-17H2,1-2H3,(H,25,26). The Labute approximate surface area is 166 Å². The Hall–Kier alpha value is -3.11. The van der Waals surface area contributed by atoms with Gasteiger partial charge >= 0.3 is 0 Å². The van der Waals surface area contributed by atoms with Crippen LogP contribution >= 0.6 is 0 Å². The van der Waals surface area contributed by atoms with Gasteiger partial charge in [-0.05, 0) is 49.2 Å². The zero-order valence-electron chi connectivity index (χ0n) is 16.3. The van der Waals surface area contributed by atoms with Gasteiger partial charge < -0.3 is 14.8 Å². The summed E-state index contributed by atoms with van der Waals surface area (Å²) in [5, 5.41) is 2.97. The van der Waals surface area contributed by atoms with Gasteiger partial charge in [-0.2, -0.15) is 0 Å². The first kappa shape index (κ1) is 19.6. The van der Waals surface area contributed by atoms with E-state index in [1.807, 2.05) is 80.6 Å². The van der Waals surface area contributed by atoms with Crippen molar-refractivity contribution in [2.45, 2.75) is 27.1 Å². The Morgan fingerprint density at radius 3 is 2.43 bits per heavy atom. The Balaban J connectivity index is 1.72. The highest BCUT2D eigenvalue weighted by molar-refractivity contribution is 6.04. The summed E-state index contributed by atoms with van der Waals surface area (Å²) in [5.74, 6) is 0.588. The molecule has 4 nitrogen and oxygen atoms in total. The predicted octanol–water partition coefficient (Wildman–Crippen LogP) is 5.36. The molecule has 0 spiro atoms. The number of hydrogen-bond donors (Lipinski definition) is 1. The van der Waals surface area contributed by atoms with E-state index in [2.05, 4.69) is 5.32 Å². The number of nitrogens with one attached hydrogen (secondary N) is 1. The Morgan fingerprint density at radius 1 is 0.929 bits per heavy atom. The summed E-state index contributed by atoms with van der Waals surface area (Å²) in [5.41, 5.74) is 4.37. The minimum Gasteiger partial charge on any atom is -0.494 e. The minimum atomic E-state index is -0.151. The maximum Gasteiger partial charge on any atom is 0.255 e. The highest BCUT2D eigenvalue weighted by Crippen LogP contribution is 2.23. The molecular formula is C24H25NO3. The van der Waals surface area contributed by atoms with Crippen LogP contribution in [-0.2, 0) is 18.0 Å². The second kappa shape index (κ2) is 9.72. The Bertz CT molecular complexity index is 922. The lowest BCUT2D eigenvalue weighted by atomic mass is 10.1. The third-order valence-corrected chi connectivity index (χ3v) is 4.38. The van der Waals surface area contributed by atoms with Crippen LogP contribution in [0.1, 0.15) is 34.0 Å². The number of amides is 1. The van der Waals surface area contributed by atoms with E-state index in [4.69, 9.17) is 9.47 Å². The molecule has 4 heteroatoms. The molecule has 0 fully saturated rings. The molecule has 0 aliphatic carbocycles. The summed E-state index contributed by atoms with van der Waals surface area (Å²) in [7, 11) is 0. The molecule has 3 aromatic rings. The fourth-order valence-electron chi connectivity index (χ4n) is 2.89. The highest BCUT2D eigenvalue weighted by Gasteiger charge is 2.12. The average molecular weight is 375 g/mol. The molecule has 0 atom stereocenters. The smallest absolute Gasteiger partial charge is 0.255 e. The van der Waals surface area contributed by atoms with Crippen molar-refractivity contribution in [2.24, 2.45) is 0 Å². The molecule has 28 heavy (non-hydrogen) atoms. The van der Waals surface area contributed by atoms with Crippen LogP contribution in [0, 0.1) is 6.92 Å². The minimum absolute atomic E-state index is 0.151. The van der Waals surface area contributed by atoms with Crippen molar-refractivity contribution < 1.29 is 14.3 Å². The van der Waals surface area contributed by atoms with Gasteiger partial charge in [-0.25, -0.2) is 0 Å². The van der Waals surface area contributed by atoms with Crippen molar-refractivity contribution in [3.63, 3.8) is 0 Å². The molecule has 0 bridgehead atoms. The number of ether oxygens (including phenoxy) is 2. The molecule has 0 saturated heterocycles. The number of hydrogen-bond acceptors (Lipinski definition) is 3. The normalized spacial score (nSPS) is 10.5. The van der Waals surface area contributed by atoms with E-state index in [1.165, 1.54) is 0 Å². The van der Waals surface area contributed by atoms with Crippen molar-refractivity contribution in [1.29, 1.82) is 0 Å². The molecule has 3 aromatic carbocycles. The molecule has 0 aliphatic heterocycles. The van der Waals surface area contributed by atoms with Crippen LogP contribution < -0.4 is 10.1 Å². The molecule has 0 saturated carbocycles. The largest absolute Gasteiger partial charge is 0.494 e. The molecule has 0 radical (unpaired) electrons. The predicted molar refractivity (Wildman–Crippen MR) is 112 cm³/mol. The topological polar surface area (TPSA) is 47.6 Å². The van der Waals surface area contributed by atoms with E-state index in [-0.39, 0.29) is 5.91 Å². The monoisotopic (exact) mass is 375 g/mol. The summed E-state index contributed by atoms with van der Waals surface area (Å²) >= 11 is 0. The van der Waals surface area contributed by atoms with Crippen LogP contribution in [-0.4, -0.2) is 12.5 Å². The third kappa shape index (κ3) is 5.21. The van der Waals surface area contributed by atoms with Crippen molar-refractivity contribution in [3.8, 4) is 5.75 Å². The van der Waals surface area contributed by atoms with Gasteiger partial charge in [0.15, 0.2) is 0 Å². The van der Waals surface area contributed by atoms with Gasteiger partial charge in [-0.15, -0.1) is 0 Å². The van der Waals surface area contributed by atoms with Gasteiger partial charge in [-0.1, -0.05) is 48.5 Å². The fourth-order valence-corrected chi connectivity index (χ4v) is 2.89. The number of carbonyl (C=O) groups excluding carboxylic acids is 1. The van der Waals surface area contributed by atoms with E-state index < -0.39 is 0 Å². The van der Waals surface area contributed by atoms with E-state index in [9.17, 15) is 4.79 Å². The van der Waals surface area contributed by atoms with Gasteiger partial charge in [0.1, 0.15) is 5.75 Å². The number of para-hydroxylation sites is 1. The first-order chi connectivity index (χ1) is 13.7. The van der Waals surface area contributed by atoms with Crippen LogP contribution in [0.15, 0.2) is 72.8 Å². The lowest BCUT2D eigenvalue weighted by Gasteiger charge is -2.13. The summed E-state index contributed by atoms with van der Waals surface area (Å²) in [6.45, 7) is 5.34. The Morgan fingerprint density at radius 2 is 1.68 bits per heavy atom. The zero-order valence-corrected chi connectivity index (χ0v) is 16.3. The summed E-state index contributed by atoms with van der Waals surface area (Å²) in [6, 6.07) is 23.2. The second-order valence-electron chi connectivity index (χ2n) is 6.50. The SMILES string of the molecule is CCOc1ccc(C(=O)Nc2ccccc2C)cc1COCc1ccccc1. The van der Waals surface area contributed by atoms with Crippen molar-refractivity contribution in [1.82, 2.24) is 0 Å². The Kier molecular flexibility index (Phi) is 6.82. The van der Waals surface area contributed by atoms with Gasteiger partial charge in [-0.3, -0.25) is 4.79 Å². The van der Waals surface area contributed by atoms with Crippen LogP contribution in [0.5, 0.6) is 5.75 Å². The van der Waals surface area contributed by atoms with Crippen LogP contribution in [0.4, 0.5) is 5.69 Å². The third-order valence-electron chi connectivity index (χ3n) is 4.38. The lowest BCUT2D eigenvalue weighted by Crippen LogP contribution is -2.13. The first-order valence-electron chi connectivity index (χ1n) is 9.41. The van der Waals surface area contributed by atoms with Crippen molar-refractivity contribution >= 4 is 11.6 Å². The van der Waals surface area contributed by atoms with Gasteiger partial charge in [0.25, 0.3) is 5.91 Å². The van der Waals surface area contributed by atoms with Crippen molar-refractivity contribution in [3.05, 3.63) is 95.1 Å². The number of rotatable bonds is 8. The van der Waals surface area contributed by atoms with E-state index in [1.54, 1.807) is 6.07 Å². The zero-order chi connectivity index (χ0) is 19.8. The maximum absolute atomic E-state index is 12.7. The lowest BCUT2D eigenvalue weighted by molar-refractivity contribution is 0.101. The van der Waals surface area contributed by atoms with E-state index >= 15 is 0 Å². The van der Waals surface area contributed by atoms with Gasteiger partial charge in [0.05, 0.1) is 19.8 Å². The van der Waals surface area contributed by atoms with Crippen LogP contribution in [0.3, 0.4) is 0 Å². The average Bonchev–Trinajstić information content (AvgIpc) is 2.72. The summed E-state index contributed by atoms with van der Waals surface area (Å²) < 4.78 is 11.6. The fraction of sp³-hybridized carbons (Fsp3) is 0.208.